The van der Waals surface area contributed by atoms with E-state index in [0.717, 1.165) is 0 Å². The molecule has 1 amide bonds. The van der Waals surface area contributed by atoms with Crippen molar-refractivity contribution in [1.82, 2.24) is 9.99 Å². The number of hydrogen-bond donors (Lipinski definition) is 1. The van der Waals surface area contributed by atoms with Gasteiger partial charge < -0.3 is 21.7 Å². The maximum absolute atomic E-state index is 12.2. The Labute approximate surface area is 151 Å². The second kappa shape index (κ2) is 7.93. The van der Waals surface area contributed by atoms with Crippen LogP contribution in [0.4, 0.5) is 0 Å². The molecule has 1 aliphatic heterocycles. The first-order valence-electron chi connectivity index (χ1n) is 5.19. The summed E-state index contributed by atoms with van der Waals surface area (Å²) in [5, 5.41) is 2.76. The van der Waals surface area contributed by atoms with E-state index in [2.05, 4.69) is 21.4 Å². The molecule has 1 fully saturated rings. The maximum Gasteiger partial charge on any atom is 2.00 e. The van der Waals surface area contributed by atoms with E-state index in [1.165, 1.54) is 4.90 Å². The summed E-state index contributed by atoms with van der Waals surface area (Å²) in [4.78, 5) is 24.7. The summed E-state index contributed by atoms with van der Waals surface area (Å²) in [7, 11) is 2.27. The first kappa shape index (κ1) is 21.6. The first-order chi connectivity index (χ1) is 7.29. The number of nitrogens with one attached hydrogen (secondary N) is 1. The molecule has 0 aromatic heterocycles. The molecule has 0 bridgehead atoms. The Morgan fingerprint density at radius 2 is 2.22 bits per heavy atom. The Kier molecular flexibility index (Phi) is 9.53. The molecule has 0 aliphatic carbocycles. The monoisotopic (exact) mass is 514 g/mol. The van der Waals surface area contributed by atoms with Gasteiger partial charge in [0.05, 0.1) is 0 Å². The molecule has 1 heterocycles. The maximum atomic E-state index is 12.2. The number of hydrogen-bond acceptors (Lipinski definition) is 3. The summed E-state index contributed by atoms with van der Waals surface area (Å²) >= 11 is 0. The molecule has 0 aromatic rings. The van der Waals surface area contributed by atoms with Crippen LogP contribution in [0.3, 0.4) is 0 Å². The number of amides is 1. The molecule has 4 unspecified atom stereocenters. The molecule has 4 atom stereocenters. The van der Waals surface area contributed by atoms with Crippen LogP contribution in [0.25, 0.3) is 0 Å². The summed E-state index contributed by atoms with van der Waals surface area (Å²) < 4.78 is 0. The van der Waals surface area contributed by atoms with Crippen LogP contribution in [0.15, 0.2) is 0 Å². The Balaban J connectivity index is 0. The Hall–Kier alpha value is 1.32. The zero-order valence-electron chi connectivity index (χ0n) is 10.9. The second-order valence-corrected chi connectivity index (χ2v) is 5.01. The van der Waals surface area contributed by atoms with E-state index in [-0.39, 0.29) is 65.6 Å². The number of rotatable bonds is 3. The molecule has 1 rings (SSSR count). The van der Waals surface area contributed by atoms with Crippen molar-refractivity contribution in [3.8, 4) is 0 Å². The van der Waals surface area contributed by atoms with Gasteiger partial charge in [0.2, 0.25) is 0 Å². The molecule has 0 spiro atoms. The predicted octanol–water partition coefficient (Wildman–Crippen LogP) is 0.852. The van der Waals surface area contributed by atoms with Crippen LogP contribution < -0.4 is 5.09 Å². The summed E-state index contributed by atoms with van der Waals surface area (Å²) in [6.45, 7) is 10.9. The third-order valence-corrected chi connectivity index (χ3v) is 3.95. The van der Waals surface area contributed by atoms with Gasteiger partial charge in [-0.3, -0.25) is 4.79 Å². The van der Waals surface area contributed by atoms with Gasteiger partial charge in [-0.05, 0) is 5.54 Å². The van der Waals surface area contributed by atoms with E-state index in [1.807, 2.05) is 13.2 Å². The first-order valence-corrected chi connectivity index (χ1v) is 5.77. The fourth-order valence-corrected chi connectivity index (χ4v) is 1.81. The SMILES string of the molecule is [CH2-]C(C)(NP)C(=O)N1[CH-]CC(C)C1(C)[C-]=O.[W+2].[Y]. The van der Waals surface area contributed by atoms with Gasteiger partial charge in [0.25, 0.3) is 0 Å². The topological polar surface area (TPSA) is 49.4 Å². The van der Waals surface area contributed by atoms with Crippen LogP contribution in [-0.2, 0) is 63.4 Å². The molecule has 99 valence electrons. The summed E-state index contributed by atoms with van der Waals surface area (Å²) in [5.41, 5.74) is -1.83. The smallest absolute Gasteiger partial charge is 0.540 e. The number of carbonyl (C=O) groups is 1. The molecule has 1 saturated heterocycles. The van der Waals surface area contributed by atoms with E-state index in [4.69, 9.17) is 0 Å². The van der Waals surface area contributed by atoms with Gasteiger partial charge >= 0.3 is 21.1 Å². The zero-order chi connectivity index (χ0) is 12.6. The van der Waals surface area contributed by atoms with Gasteiger partial charge in [-0.2, -0.15) is 6.42 Å². The van der Waals surface area contributed by atoms with Crippen molar-refractivity contribution >= 4 is 21.6 Å². The van der Waals surface area contributed by atoms with Crippen LogP contribution >= 0.6 is 9.39 Å². The van der Waals surface area contributed by atoms with E-state index >= 15 is 0 Å². The van der Waals surface area contributed by atoms with Crippen molar-refractivity contribution in [2.45, 2.75) is 38.3 Å². The largest absolute Gasteiger partial charge is 2.00 e. The molecular formula is C11H18N2O2PWY-. The van der Waals surface area contributed by atoms with E-state index in [9.17, 15) is 9.59 Å². The number of nitrogens with zero attached hydrogens (tertiary/aromatic N) is 1. The minimum absolute atomic E-state index is 0. The van der Waals surface area contributed by atoms with Crippen molar-refractivity contribution < 1.29 is 63.4 Å². The standard InChI is InChI=1S/C11H18N2O2P.W.Y/c1-8-5-6-13(11(8,4)7-14)9(15)10(2,3)12-16;;/h6,8,12H,2,5,16H2,1,3-4H3;;/q-3;+2;. The number of carbonyl (C=O) groups excluding carboxylic acids is 2. The van der Waals surface area contributed by atoms with Crippen molar-refractivity contribution in [2.75, 3.05) is 0 Å². The average molecular weight is 514 g/mol. The molecule has 18 heavy (non-hydrogen) atoms. The van der Waals surface area contributed by atoms with Crippen molar-refractivity contribution in [2.24, 2.45) is 5.92 Å². The summed E-state index contributed by atoms with van der Waals surface area (Å²) in [6.07, 6.45) is 2.68. The van der Waals surface area contributed by atoms with Crippen molar-refractivity contribution in [3.63, 3.8) is 0 Å². The Bertz CT molecular complexity index is 317. The normalized spacial score (nSPS) is 29.8. The number of likely N-dealkylation sites (tertiary alicyclic amines) is 1. The minimum Gasteiger partial charge on any atom is -0.540 e. The van der Waals surface area contributed by atoms with Gasteiger partial charge in [0, 0.05) is 32.7 Å². The average Bonchev–Trinajstić information content (AvgIpc) is 2.55. The minimum atomic E-state index is -0.955. The quantitative estimate of drug-likeness (QED) is 0.450. The molecule has 4 nitrogen and oxygen atoms in total. The predicted molar refractivity (Wildman–Crippen MR) is 65.6 cm³/mol. The Morgan fingerprint density at radius 1 is 1.72 bits per heavy atom. The fourth-order valence-electron chi connectivity index (χ4n) is 1.69. The van der Waals surface area contributed by atoms with Crippen LogP contribution in [0.1, 0.15) is 27.2 Å². The van der Waals surface area contributed by atoms with Crippen LogP contribution in [0, 0.1) is 19.4 Å². The third-order valence-electron chi connectivity index (χ3n) is 3.32. The molecule has 0 saturated carbocycles. The summed E-state index contributed by atoms with van der Waals surface area (Å²) in [6, 6.07) is 0. The van der Waals surface area contributed by atoms with Gasteiger partial charge in [-0.25, -0.2) is 12.8 Å². The van der Waals surface area contributed by atoms with Crippen LogP contribution in [0.2, 0.25) is 0 Å². The molecule has 0 aromatic carbocycles. The van der Waals surface area contributed by atoms with Crippen molar-refractivity contribution in [1.29, 1.82) is 0 Å². The fraction of sp³-hybridized carbons (Fsp3) is 0.636. The third kappa shape index (κ3) is 3.92. The van der Waals surface area contributed by atoms with E-state index in [0.29, 0.717) is 6.42 Å². The van der Waals surface area contributed by atoms with Gasteiger partial charge in [-0.1, -0.05) is 41.6 Å². The van der Waals surface area contributed by atoms with E-state index in [1.54, 1.807) is 20.4 Å². The van der Waals surface area contributed by atoms with Gasteiger partial charge in [0.15, 0.2) is 5.91 Å². The molecular weight excluding hydrogens is 496 g/mol. The Morgan fingerprint density at radius 3 is 2.61 bits per heavy atom. The molecule has 1 radical (unpaired) electrons. The van der Waals surface area contributed by atoms with Crippen LogP contribution in [0.5, 0.6) is 0 Å². The van der Waals surface area contributed by atoms with E-state index < -0.39 is 11.1 Å². The van der Waals surface area contributed by atoms with Crippen molar-refractivity contribution in [3.05, 3.63) is 13.5 Å². The summed E-state index contributed by atoms with van der Waals surface area (Å²) in [5.74, 6) is -0.146. The molecule has 7 heteroatoms. The molecule has 1 aliphatic rings. The van der Waals surface area contributed by atoms with Crippen LogP contribution in [-0.4, -0.2) is 28.2 Å². The van der Waals surface area contributed by atoms with Gasteiger partial charge in [0.1, 0.15) is 0 Å². The zero-order valence-corrected chi connectivity index (χ0v) is 17.8. The van der Waals surface area contributed by atoms with Gasteiger partial charge in [-0.15, -0.1) is 0 Å². The molecule has 1 N–H and O–H groups in total. The second-order valence-electron chi connectivity index (χ2n) is 4.72.